The Kier molecular flexibility index (Phi) is 3.29. The summed E-state index contributed by atoms with van der Waals surface area (Å²) in [5.41, 5.74) is 5.43. The van der Waals surface area contributed by atoms with E-state index in [0.29, 0.717) is 12.6 Å². The lowest BCUT2D eigenvalue weighted by Gasteiger charge is -2.27. The Balaban J connectivity index is 2.07. The largest absolute Gasteiger partial charge is 0.468 e. The predicted octanol–water partition coefficient (Wildman–Crippen LogP) is 1.51. The monoisotopic (exact) mass is 222 g/mol. The maximum atomic E-state index is 11.4. The molecule has 1 aromatic rings. The lowest BCUT2D eigenvalue weighted by Crippen LogP contribution is -2.45. The molecule has 88 valence electrons. The van der Waals surface area contributed by atoms with Crippen LogP contribution >= 0.6 is 0 Å². The topological polar surface area (TPSA) is 59.5 Å². The van der Waals surface area contributed by atoms with Crippen molar-refractivity contribution in [3.8, 4) is 0 Å². The first kappa shape index (κ1) is 11.2. The van der Waals surface area contributed by atoms with Crippen LogP contribution in [0.3, 0.4) is 0 Å². The minimum atomic E-state index is -0.235. The molecule has 4 nitrogen and oxygen atoms in total. The van der Waals surface area contributed by atoms with Crippen molar-refractivity contribution in [1.29, 1.82) is 0 Å². The van der Waals surface area contributed by atoms with Crippen LogP contribution in [-0.2, 0) is 11.3 Å². The zero-order valence-corrected chi connectivity index (χ0v) is 9.56. The Labute approximate surface area is 95.4 Å². The molecule has 2 rings (SSSR count). The standard InChI is InChI=1S/C12H18N2O2/c1-2-11(12(13)15)14(9-5-6-9)8-10-4-3-7-16-10/h3-4,7,9,11H,2,5-6,8H2,1H3,(H2,13,15). The van der Waals surface area contributed by atoms with E-state index in [1.54, 1.807) is 6.26 Å². The molecule has 0 bridgehead atoms. The summed E-state index contributed by atoms with van der Waals surface area (Å²) in [6.07, 6.45) is 4.73. The number of carbonyl (C=O) groups excluding carboxylic acids is 1. The van der Waals surface area contributed by atoms with Crippen LogP contribution in [0.25, 0.3) is 0 Å². The van der Waals surface area contributed by atoms with E-state index in [4.69, 9.17) is 10.2 Å². The number of rotatable bonds is 6. The van der Waals surface area contributed by atoms with Crippen LogP contribution in [0.2, 0.25) is 0 Å². The van der Waals surface area contributed by atoms with Crippen molar-refractivity contribution in [3.63, 3.8) is 0 Å². The molecule has 1 aromatic heterocycles. The van der Waals surface area contributed by atoms with E-state index >= 15 is 0 Å². The molecule has 1 atom stereocenters. The summed E-state index contributed by atoms with van der Waals surface area (Å²) in [7, 11) is 0. The molecular weight excluding hydrogens is 204 g/mol. The first-order valence-electron chi connectivity index (χ1n) is 5.79. The summed E-state index contributed by atoms with van der Waals surface area (Å²) in [6, 6.07) is 4.13. The van der Waals surface area contributed by atoms with Crippen molar-refractivity contribution in [3.05, 3.63) is 24.2 Å². The lowest BCUT2D eigenvalue weighted by atomic mass is 10.1. The molecule has 1 fully saturated rings. The van der Waals surface area contributed by atoms with Crippen molar-refractivity contribution < 1.29 is 9.21 Å². The van der Waals surface area contributed by atoms with Crippen molar-refractivity contribution in [2.75, 3.05) is 0 Å². The van der Waals surface area contributed by atoms with Crippen LogP contribution in [0.5, 0.6) is 0 Å². The molecule has 16 heavy (non-hydrogen) atoms. The van der Waals surface area contributed by atoms with E-state index in [0.717, 1.165) is 25.0 Å². The zero-order valence-electron chi connectivity index (χ0n) is 9.56. The molecule has 4 heteroatoms. The van der Waals surface area contributed by atoms with Gasteiger partial charge in [0.2, 0.25) is 5.91 Å². The Morgan fingerprint density at radius 2 is 2.44 bits per heavy atom. The summed E-state index contributed by atoms with van der Waals surface area (Å²) < 4.78 is 5.32. The second-order valence-corrected chi connectivity index (χ2v) is 4.31. The number of nitrogens with zero attached hydrogens (tertiary/aromatic N) is 1. The molecule has 0 radical (unpaired) electrons. The molecule has 0 spiro atoms. The van der Waals surface area contributed by atoms with Crippen LogP contribution in [0.4, 0.5) is 0 Å². The maximum Gasteiger partial charge on any atom is 0.234 e. The molecule has 0 aromatic carbocycles. The van der Waals surface area contributed by atoms with E-state index in [-0.39, 0.29) is 11.9 Å². The average molecular weight is 222 g/mol. The van der Waals surface area contributed by atoms with Crippen molar-refractivity contribution in [1.82, 2.24) is 4.90 Å². The average Bonchev–Trinajstić information content (AvgIpc) is 2.96. The fraction of sp³-hybridized carbons (Fsp3) is 0.583. The van der Waals surface area contributed by atoms with Crippen LogP contribution in [0.1, 0.15) is 31.9 Å². The second-order valence-electron chi connectivity index (χ2n) is 4.31. The molecule has 0 saturated heterocycles. The van der Waals surface area contributed by atoms with Crippen LogP contribution < -0.4 is 5.73 Å². The third-order valence-electron chi connectivity index (χ3n) is 3.05. The Hall–Kier alpha value is -1.29. The first-order chi connectivity index (χ1) is 7.72. The predicted molar refractivity (Wildman–Crippen MR) is 60.5 cm³/mol. The van der Waals surface area contributed by atoms with E-state index in [1.807, 2.05) is 19.1 Å². The summed E-state index contributed by atoms with van der Waals surface area (Å²) in [6.45, 7) is 2.67. The molecule has 0 aliphatic heterocycles. The molecular formula is C12H18N2O2. The number of amides is 1. The van der Waals surface area contributed by atoms with Gasteiger partial charge in [0.25, 0.3) is 0 Å². The van der Waals surface area contributed by atoms with Gasteiger partial charge in [0.05, 0.1) is 18.8 Å². The van der Waals surface area contributed by atoms with Gasteiger partial charge in [-0.2, -0.15) is 0 Å². The Bertz CT molecular complexity index is 344. The number of hydrogen-bond acceptors (Lipinski definition) is 3. The molecule has 2 N–H and O–H groups in total. The number of furan rings is 1. The van der Waals surface area contributed by atoms with Crippen LogP contribution in [0.15, 0.2) is 22.8 Å². The first-order valence-corrected chi connectivity index (χ1v) is 5.79. The van der Waals surface area contributed by atoms with Gasteiger partial charge in [-0.3, -0.25) is 9.69 Å². The van der Waals surface area contributed by atoms with Gasteiger partial charge >= 0.3 is 0 Å². The third kappa shape index (κ3) is 2.44. The number of carbonyl (C=O) groups is 1. The minimum Gasteiger partial charge on any atom is -0.468 e. The summed E-state index contributed by atoms with van der Waals surface area (Å²) in [4.78, 5) is 13.6. The van der Waals surface area contributed by atoms with E-state index in [1.165, 1.54) is 0 Å². The van der Waals surface area contributed by atoms with Gasteiger partial charge in [0, 0.05) is 6.04 Å². The summed E-state index contributed by atoms with van der Waals surface area (Å²) >= 11 is 0. The molecule has 1 aliphatic rings. The third-order valence-corrected chi connectivity index (χ3v) is 3.05. The number of hydrogen-bond donors (Lipinski definition) is 1. The highest BCUT2D eigenvalue weighted by atomic mass is 16.3. The fourth-order valence-corrected chi connectivity index (χ4v) is 2.08. The van der Waals surface area contributed by atoms with E-state index < -0.39 is 0 Å². The van der Waals surface area contributed by atoms with Crippen LogP contribution in [-0.4, -0.2) is 22.9 Å². The van der Waals surface area contributed by atoms with Gasteiger partial charge in [-0.25, -0.2) is 0 Å². The molecule has 1 unspecified atom stereocenters. The summed E-state index contributed by atoms with van der Waals surface area (Å²) in [5.74, 6) is 0.660. The Morgan fingerprint density at radius 1 is 1.69 bits per heavy atom. The van der Waals surface area contributed by atoms with Crippen molar-refractivity contribution >= 4 is 5.91 Å². The number of nitrogens with two attached hydrogens (primary N) is 1. The maximum absolute atomic E-state index is 11.4. The van der Waals surface area contributed by atoms with Gasteiger partial charge < -0.3 is 10.2 Å². The molecule has 1 heterocycles. The quantitative estimate of drug-likeness (QED) is 0.793. The summed E-state index contributed by atoms with van der Waals surface area (Å²) in [5, 5.41) is 0. The van der Waals surface area contributed by atoms with Crippen LogP contribution in [0, 0.1) is 0 Å². The van der Waals surface area contributed by atoms with E-state index in [9.17, 15) is 4.79 Å². The van der Waals surface area contributed by atoms with Gasteiger partial charge in [-0.05, 0) is 31.4 Å². The molecule has 1 saturated carbocycles. The normalized spacial score (nSPS) is 17.6. The van der Waals surface area contributed by atoms with Gasteiger partial charge in [-0.15, -0.1) is 0 Å². The second kappa shape index (κ2) is 4.70. The Morgan fingerprint density at radius 3 is 2.88 bits per heavy atom. The fourth-order valence-electron chi connectivity index (χ4n) is 2.08. The highest BCUT2D eigenvalue weighted by Crippen LogP contribution is 2.31. The van der Waals surface area contributed by atoms with Gasteiger partial charge in [-0.1, -0.05) is 6.92 Å². The highest BCUT2D eigenvalue weighted by Gasteiger charge is 2.35. The SMILES string of the molecule is CCC(C(N)=O)N(Cc1ccco1)C1CC1. The van der Waals surface area contributed by atoms with Gasteiger partial charge in [0.1, 0.15) is 5.76 Å². The van der Waals surface area contributed by atoms with Gasteiger partial charge in [0.15, 0.2) is 0 Å². The number of primary amides is 1. The highest BCUT2D eigenvalue weighted by molar-refractivity contribution is 5.79. The van der Waals surface area contributed by atoms with E-state index in [2.05, 4.69) is 4.90 Å². The van der Waals surface area contributed by atoms with Crippen molar-refractivity contribution in [2.45, 2.75) is 44.8 Å². The zero-order chi connectivity index (χ0) is 11.5. The smallest absolute Gasteiger partial charge is 0.234 e. The van der Waals surface area contributed by atoms with Crippen molar-refractivity contribution in [2.24, 2.45) is 5.73 Å². The minimum absolute atomic E-state index is 0.169. The molecule has 1 amide bonds. The molecule has 1 aliphatic carbocycles. The lowest BCUT2D eigenvalue weighted by molar-refractivity contribution is -0.124.